The number of aryl methyl sites for hydroxylation is 1. The summed E-state index contributed by atoms with van der Waals surface area (Å²) in [6.45, 7) is 2.18. The van der Waals surface area contributed by atoms with Gasteiger partial charge in [0.05, 0.1) is 0 Å². The second-order valence-corrected chi connectivity index (χ2v) is 8.30. The van der Waals surface area contributed by atoms with E-state index >= 15 is 0 Å². The van der Waals surface area contributed by atoms with Crippen LogP contribution >= 0.6 is 15.9 Å². The fraction of sp³-hybridized carbons (Fsp3) is 0.111. The van der Waals surface area contributed by atoms with Crippen molar-refractivity contribution >= 4 is 15.9 Å². The molecule has 0 atom stereocenters. The van der Waals surface area contributed by atoms with Gasteiger partial charge in [-0.15, -0.1) is 0 Å². The van der Waals surface area contributed by atoms with Crippen LogP contribution in [-0.4, -0.2) is 0 Å². The van der Waals surface area contributed by atoms with E-state index in [4.69, 9.17) is 4.74 Å². The van der Waals surface area contributed by atoms with Crippen molar-refractivity contribution in [2.45, 2.75) is 19.8 Å². The molecule has 0 amide bonds. The van der Waals surface area contributed by atoms with Crippen LogP contribution in [0.3, 0.4) is 0 Å². The van der Waals surface area contributed by atoms with Gasteiger partial charge in [0.25, 0.3) is 0 Å². The summed E-state index contributed by atoms with van der Waals surface area (Å²) in [5, 5.41) is 0. The lowest BCUT2D eigenvalue weighted by atomic mass is 9.87. The average Bonchev–Trinajstić information content (AvgIpc) is 2.77. The van der Waals surface area contributed by atoms with Crippen LogP contribution in [0.1, 0.15) is 23.6 Å². The van der Waals surface area contributed by atoms with Gasteiger partial charge in [-0.2, -0.15) is 0 Å². The molecular weight excluding hydrogens is 420 g/mol. The van der Waals surface area contributed by atoms with Gasteiger partial charge in [-0.05, 0) is 51.9 Å². The van der Waals surface area contributed by atoms with E-state index in [2.05, 4.69) is 108 Å². The van der Waals surface area contributed by atoms with Crippen molar-refractivity contribution in [1.82, 2.24) is 0 Å². The summed E-state index contributed by atoms with van der Waals surface area (Å²) in [5.41, 5.74) is 8.69. The first kappa shape index (κ1) is 18.2. The Morgan fingerprint density at radius 3 is 2.34 bits per heavy atom. The minimum atomic E-state index is 0.879. The highest BCUT2D eigenvalue weighted by Gasteiger charge is 2.24. The Labute approximate surface area is 180 Å². The van der Waals surface area contributed by atoms with Crippen molar-refractivity contribution in [3.05, 3.63) is 106 Å². The first-order valence-corrected chi connectivity index (χ1v) is 10.8. The third-order valence-corrected chi connectivity index (χ3v) is 6.07. The second kappa shape index (κ2) is 7.53. The zero-order valence-electron chi connectivity index (χ0n) is 16.3. The highest BCUT2D eigenvalue weighted by molar-refractivity contribution is 9.10. The molecule has 4 aromatic carbocycles. The number of ether oxygens (including phenoxy) is 1. The Kier molecular flexibility index (Phi) is 4.73. The zero-order valence-corrected chi connectivity index (χ0v) is 17.9. The van der Waals surface area contributed by atoms with Crippen LogP contribution in [0, 0.1) is 0 Å². The molecule has 1 heterocycles. The van der Waals surface area contributed by atoms with Gasteiger partial charge in [-0.3, -0.25) is 0 Å². The third-order valence-electron chi connectivity index (χ3n) is 5.61. The molecule has 0 fully saturated rings. The summed E-state index contributed by atoms with van der Waals surface area (Å²) >= 11 is 3.71. The topological polar surface area (TPSA) is 9.23 Å². The van der Waals surface area contributed by atoms with E-state index < -0.39 is 0 Å². The van der Waals surface area contributed by atoms with Gasteiger partial charge in [-0.25, -0.2) is 0 Å². The number of hydrogen-bond acceptors (Lipinski definition) is 1. The van der Waals surface area contributed by atoms with E-state index in [-0.39, 0.29) is 0 Å². The normalized spacial score (nSPS) is 12.1. The average molecular weight is 441 g/mol. The van der Waals surface area contributed by atoms with Crippen molar-refractivity contribution in [2.75, 3.05) is 0 Å². The van der Waals surface area contributed by atoms with Gasteiger partial charge in [0.15, 0.2) is 0 Å². The van der Waals surface area contributed by atoms with Crippen LogP contribution in [0.5, 0.6) is 11.5 Å². The van der Waals surface area contributed by atoms with E-state index in [1.807, 2.05) is 0 Å². The Morgan fingerprint density at radius 2 is 1.55 bits per heavy atom. The number of para-hydroxylation sites is 1. The maximum Gasteiger partial charge on any atom is 0.134 e. The van der Waals surface area contributed by atoms with Crippen LogP contribution in [0.4, 0.5) is 0 Å². The van der Waals surface area contributed by atoms with Crippen LogP contribution in [0.15, 0.2) is 89.4 Å². The number of hydrogen-bond donors (Lipinski definition) is 0. The molecule has 1 nitrogen and oxygen atoms in total. The molecule has 0 radical (unpaired) electrons. The molecule has 0 saturated heterocycles. The maximum atomic E-state index is 6.46. The monoisotopic (exact) mass is 440 g/mol. The van der Waals surface area contributed by atoms with Crippen molar-refractivity contribution in [1.29, 1.82) is 0 Å². The Balaban J connectivity index is 1.70. The van der Waals surface area contributed by atoms with Crippen LogP contribution in [-0.2, 0) is 12.8 Å². The maximum absolute atomic E-state index is 6.46. The van der Waals surface area contributed by atoms with Gasteiger partial charge >= 0.3 is 0 Å². The quantitative estimate of drug-likeness (QED) is 0.275. The van der Waals surface area contributed by atoms with E-state index in [1.165, 1.54) is 38.9 Å². The summed E-state index contributed by atoms with van der Waals surface area (Å²) < 4.78 is 7.49. The smallest absolute Gasteiger partial charge is 0.134 e. The summed E-state index contributed by atoms with van der Waals surface area (Å²) in [5.74, 6) is 1.98. The zero-order chi connectivity index (χ0) is 19.8. The van der Waals surface area contributed by atoms with Crippen LogP contribution < -0.4 is 4.74 Å². The molecule has 29 heavy (non-hydrogen) atoms. The summed E-state index contributed by atoms with van der Waals surface area (Å²) in [4.78, 5) is 0. The fourth-order valence-electron chi connectivity index (χ4n) is 4.20. The number of benzene rings is 4. The molecular formula is C27H21BrO. The molecule has 0 saturated carbocycles. The fourth-order valence-corrected chi connectivity index (χ4v) is 4.64. The van der Waals surface area contributed by atoms with E-state index in [0.29, 0.717) is 0 Å². The number of fused-ring (bicyclic) bond motifs is 2. The number of halogens is 1. The molecule has 0 spiro atoms. The SMILES string of the molecule is CCc1cccc2c1Oc1cc(Br)cc(-c3ccccc3-c3ccccc3)c1C2. The van der Waals surface area contributed by atoms with Gasteiger partial charge in [0, 0.05) is 16.5 Å². The van der Waals surface area contributed by atoms with Crippen LogP contribution in [0.25, 0.3) is 22.3 Å². The highest BCUT2D eigenvalue weighted by atomic mass is 79.9. The Morgan fingerprint density at radius 1 is 0.793 bits per heavy atom. The molecule has 142 valence electrons. The van der Waals surface area contributed by atoms with E-state index in [9.17, 15) is 0 Å². The Hall–Kier alpha value is -2.84. The van der Waals surface area contributed by atoms with E-state index in [1.54, 1.807) is 0 Å². The molecule has 0 aromatic heterocycles. The summed E-state index contributed by atoms with van der Waals surface area (Å²) in [7, 11) is 0. The third kappa shape index (κ3) is 3.28. The number of rotatable bonds is 3. The molecule has 1 aliphatic heterocycles. The second-order valence-electron chi connectivity index (χ2n) is 7.38. The lowest BCUT2D eigenvalue weighted by Gasteiger charge is -2.25. The minimum Gasteiger partial charge on any atom is -0.456 e. The van der Waals surface area contributed by atoms with Gasteiger partial charge in [-0.1, -0.05) is 95.7 Å². The highest BCUT2D eigenvalue weighted by Crippen LogP contribution is 2.46. The first-order chi connectivity index (χ1) is 14.2. The largest absolute Gasteiger partial charge is 0.456 e. The minimum absolute atomic E-state index is 0.879. The van der Waals surface area contributed by atoms with Crippen molar-refractivity contribution in [3.63, 3.8) is 0 Å². The standard InChI is InChI=1S/C27H21BrO/c1-2-18-11-8-12-20-15-25-24(16-21(28)17-26(25)29-27(18)20)23-14-7-6-13-22(23)19-9-4-3-5-10-19/h3-14,16-17H,2,15H2,1H3. The predicted molar refractivity (Wildman–Crippen MR) is 124 cm³/mol. The molecule has 0 aliphatic carbocycles. The molecule has 2 heteroatoms. The lowest BCUT2D eigenvalue weighted by Crippen LogP contribution is -2.07. The molecule has 5 rings (SSSR count). The summed E-state index contributed by atoms with van der Waals surface area (Å²) in [6.07, 6.45) is 1.85. The lowest BCUT2D eigenvalue weighted by molar-refractivity contribution is 0.454. The van der Waals surface area contributed by atoms with Crippen molar-refractivity contribution in [2.24, 2.45) is 0 Å². The Bertz CT molecular complexity index is 1190. The van der Waals surface area contributed by atoms with E-state index in [0.717, 1.165) is 28.8 Å². The molecule has 0 unspecified atom stereocenters. The molecule has 4 aromatic rings. The van der Waals surface area contributed by atoms with Crippen molar-refractivity contribution in [3.8, 4) is 33.8 Å². The van der Waals surface area contributed by atoms with Crippen LogP contribution in [0.2, 0.25) is 0 Å². The first-order valence-electron chi connectivity index (χ1n) is 10.0. The molecule has 0 bridgehead atoms. The van der Waals surface area contributed by atoms with Gasteiger partial charge < -0.3 is 4.74 Å². The molecule has 0 N–H and O–H groups in total. The van der Waals surface area contributed by atoms with Gasteiger partial charge in [0.2, 0.25) is 0 Å². The molecule has 1 aliphatic rings. The van der Waals surface area contributed by atoms with Crippen molar-refractivity contribution < 1.29 is 4.74 Å². The summed E-state index contributed by atoms with van der Waals surface area (Å²) in [6, 6.07) is 30.0. The predicted octanol–water partition coefficient (Wildman–Crippen LogP) is 8.04. The van der Waals surface area contributed by atoms with Gasteiger partial charge in [0.1, 0.15) is 11.5 Å².